The number of nitrogens with zero attached hydrogens (tertiary/aromatic N) is 4. The highest BCUT2D eigenvalue weighted by molar-refractivity contribution is 7.99. The molecule has 5 nitrogen and oxygen atoms in total. The maximum absolute atomic E-state index is 4.02. The van der Waals surface area contributed by atoms with Crippen LogP contribution in [0.25, 0.3) is 0 Å². The summed E-state index contributed by atoms with van der Waals surface area (Å²) in [7, 11) is 0. The molecule has 0 aliphatic rings. The van der Waals surface area contributed by atoms with Gasteiger partial charge < -0.3 is 5.32 Å². The Labute approximate surface area is 107 Å². The Morgan fingerprint density at radius 1 is 1.47 bits per heavy atom. The van der Waals surface area contributed by atoms with E-state index in [0.29, 0.717) is 0 Å². The van der Waals surface area contributed by atoms with Gasteiger partial charge in [-0.2, -0.15) is 0 Å². The first-order valence-electron chi connectivity index (χ1n) is 5.98. The molecular formula is C11H21N5S. The number of allylic oxidation sites excluding steroid dienone is 1. The van der Waals surface area contributed by atoms with Gasteiger partial charge in [-0.1, -0.05) is 24.3 Å². The zero-order valence-electron chi connectivity index (χ0n) is 10.6. The van der Waals surface area contributed by atoms with Gasteiger partial charge in [-0.15, -0.1) is 11.7 Å². The van der Waals surface area contributed by atoms with Crippen molar-refractivity contribution >= 4 is 11.8 Å². The van der Waals surface area contributed by atoms with Crippen LogP contribution >= 0.6 is 11.8 Å². The van der Waals surface area contributed by atoms with Crippen LogP contribution in [0.4, 0.5) is 0 Å². The molecule has 1 N–H and O–H groups in total. The second kappa shape index (κ2) is 8.25. The average molecular weight is 255 g/mol. The Bertz CT molecular complexity index is 336. The van der Waals surface area contributed by atoms with Crippen molar-refractivity contribution in [1.82, 2.24) is 25.5 Å². The van der Waals surface area contributed by atoms with Crippen LogP contribution in [0.15, 0.2) is 17.3 Å². The molecule has 1 aromatic rings. The summed E-state index contributed by atoms with van der Waals surface area (Å²) in [6.07, 6.45) is 2.15. The van der Waals surface area contributed by atoms with Crippen LogP contribution in [0.2, 0.25) is 0 Å². The number of hydrogen-bond acceptors (Lipinski definition) is 5. The van der Waals surface area contributed by atoms with E-state index >= 15 is 0 Å². The van der Waals surface area contributed by atoms with Gasteiger partial charge in [-0.25, -0.2) is 4.68 Å². The van der Waals surface area contributed by atoms with Gasteiger partial charge in [-0.05, 0) is 36.7 Å². The Morgan fingerprint density at radius 3 is 3.00 bits per heavy atom. The fourth-order valence-corrected chi connectivity index (χ4v) is 2.25. The molecule has 0 aliphatic carbocycles. The normalized spacial score (nSPS) is 10.7. The van der Waals surface area contributed by atoms with Crippen LogP contribution in [0.3, 0.4) is 0 Å². The molecule has 0 aliphatic heterocycles. The van der Waals surface area contributed by atoms with Crippen molar-refractivity contribution in [1.29, 1.82) is 0 Å². The lowest BCUT2D eigenvalue weighted by atomic mass is 10.3. The number of rotatable bonds is 9. The van der Waals surface area contributed by atoms with Gasteiger partial charge >= 0.3 is 0 Å². The summed E-state index contributed by atoms with van der Waals surface area (Å²) in [6, 6.07) is 0. The zero-order chi connectivity index (χ0) is 12.5. The van der Waals surface area contributed by atoms with Crippen LogP contribution in [0, 0.1) is 0 Å². The SMILES string of the molecule is C=C(C)CCSc1nnnn1CCNCCC. The smallest absolute Gasteiger partial charge is 0.209 e. The minimum atomic E-state index is 0.822. The fraction of sp³-hybridized carbons (Fsp3) is 0.727. The minimum absolute atomic E-state index is 0.822. The topological polar surface area (TPSA) is 55.6 Å². The van der Waals surface area contributed by atoms with Crippen LogP contribution in [-0.4, -0.2) is 39.0 Å². The molecule has 0 aromatic carbocycles. The second-order valence-electron chi connectivity index (χ2n) is 3.99. The van der Waals surface area contributed by atoms with Crippen molar-refractivity contribution in [2.24, 2.45) is 0 Å². The monoisotopic (exact) mass is 255 g/mol. The summed E-state index contributed by atoms with van der Waals surface area (Å²) in [4.78, 5) is 0. The summed E-state index contributed by atoms with van der Waals surface area (Å²) >= 11 is 1.68. The fourth-order valence-electron chi connectivity index (χ4n) is 1.24. The number of tetrazole rings is 1. The highest BCUT2D eigenvalue weighted by Crippen LogP contribution is 2.16. The molecule has 0 bridgehead atoms. The van der Waals surface area contributed by atoms with Gasteiger partial charge in [0.25, 0.3) is 0 Å². The predicted molar refractivity (Wildman–Crippen MR) is 71.1 cm³/mol. The second-order valence-corrected chi connectivity index (χ2v) is 5.05. The number of hydrogen-bond donors (Lipinski definition) is 1. The molecular weight excluding hydrogens is 234 g/mol. The first-order valence-corrected chi connectivity index (χ1v) is 6.96. The minimum Gasteiger partial charge on any atom is -0.315 e. The molecule has 0 unspecified atom stereocenters. The van der Waals surface area contributed by atoms with Crippen molar-refractivity contribution in [3.8, 4) is 0 Å². The molecule has 0 amide bonds. The molecule has 0 saturated heterocycles. The standard InChI is InChI=1S/C11H21N5S/c1-4-6-12-7-8-16-11(13-14-15-16)17-9-5-10(2)3/h12H,2,4-9H2,1,3H3. The summed E-state index contributed by atoms with van der Waals surface area (Å²) < 4.78 is 1.85. The van der Waals surface area contributed by atoms with Crippen LogP contribution in [0.5, 0.6) is 0 Å². The molecule has 1 heterocycles. The van der Waals surface area contributed by atoms with Crippen molar-refractivity contribution < 1.29 is 0 Å². The number of nitrogens with one attached hydrogen (secondary N) is 1. The molecule has 96 valence electrons. The van der Waals surface area contributed by atoms with Crippen molar-refractivity contribution in [3.05, 3.63) is 12.2 Å². The molecule has 1 aromatic heterocycles. The molecule has 0 radical (unpaired) electrons. The van der Waals surface area contributed by atoms with Gasteiger partial charge in [0, 0.05) is 12.3 Å². The van der Waals surface area contributed by atoms with Crippen LogP contribution in [-0.2, 0) is 6.54 Å². The van der Waals surface area contributed by atoms with Crippen LogP contribution in [0.1, 0.15) is 26.7 Å². The molecule has 17 heavy (non-hydrogen) atoms. The lowest BCUT2D eigenvalue weighted by Gasteiger charge is -2.05. The summed E-state index contributed by atoms with van der Waals surface area (Å²) in [6.45, 7) is 10.9. The van der Waals surface area contributed by atoms with Crippen molar-refractivity contribution in [2.75, 3.05) is 18.8 Å². The highest BCUT2D eigenvalue weighted by Gasteiger charge is 2.05. The molecule has 0 atom stereocenters. The van der Waals surface area contributed by atoms with Gasteiger partial charge in [0.15, 0.2) is 0 Å². The number of thioether (sulfide) groups is 1. The third-order valence-corrected chi connectivity index (χ3v) is 3.15. The maximum atomic E-state index is 4.02. The summed E-state index contributed by atoms with van der Waals surface area (Å²) in [5.74, 6) is 0.984. The van der Waals surface area contributed by atoms with Gasteiger partial charge in [0.05, 0.1) is 6.54 Å². The van der Waals surface area contributed by atoms with Gasteiger partial charge in [-0.3, -0.25) is 0 Å². The predicted octanol–water partition coefficient (Wildman–Crippen LogP) is 1.73. The quantitative estimate of drug-likeness (QED) is 0.414. The lowest BCUT2D eigenvalue weighted by molar-refractivity contribution is 0.510. The summed E-state index contributed by atoms with van der Waals surface area (Å²) in [5.41, 5.74) is 1.20. The maximum Gasteiger partial charge on any atom is 0.209 e. The third kappa shape index (κ3) is 5.83. The summed E-state index contributed by atoms with van der Waals surface area (Å²) in [5, 5.41) is 15.9. The van der Waals surface area contributed by atoms with E-state index in [4.69, 9.17) is 0 Å². The van der Waals surface area contributed by atoms with Crippen molar-refractivity contribution in [2.45, 2.75) is 38.4 Å². The highest BCUT2D eigenvalue weighted by atomic mass is 32.2. The first-order chi connectivity index (χ1) is 8.24. The van der Waals surface area contributed by atoms with E-state index in [0.717, 1.165) is 43.4 Å². The Morgan fingerprint density at radius 2 is 2.29 bits per heavy atom. The van der Waals surface area contributed by atoms with E-state index in [1.54, 1.807) is 11.8 Å². The van der Waals surface area contributed by atoms with E-state index in [9.17, 15) is 0 Å². The molecule has 0 saturated carbocycles. The molecule has 0 spiro atoms. The number of aromatic nitrogens is 4. The van der Waals surface area contributed by atoms with Crippen LogP contribution < -0.4 is 5.32 Å². The molecule has 0 fully saturated rings. The van der Waals surface area contributed by atoms with Gasteiger partial charge in [0.2, 0.25) is 5.16 Å². The average Bonchev–Trinajstić information content (AvgIpc) is 2.72. The Kier molecular flexibility index (Phi) is 6.88. The molecule has 1 rings (SSSR count). The lowest BCUT2D eigenvalue weighted by Crippen LogP contribution is -2.21. The first kappa shape index (κ1) is 14.2. The van der Waals surface area contributed by atoms with Gasteiger partial charge in [0.1, 0.15) is 0 Å². The Hall–Kier alpha value is -0.880. The van der Waals surface area contributed by atoms with E-state index in [1.807, 2.05) is 11.6 Å². The van der Waals surface area contributed by atoms with E-state index in [2.05, 4.69) is 34.3 Å². The third-order valence-electron chi connectivity index (χ3n) is 2.19. The molecule has 6 heteroatoms. The largest absolute Gasteiger partial charge is 0.315 e. The zero-order valence-corrected chi connectivity index (χ0v) is 11.5. The van der Waals surface area contributed by atoms with E-state index in [-0.39, 0.29) is 0 Å². The van der Waals surface area contributed by atoms with E-state index in [1.165, 1.54) is 5.57 Å². The Balaban J connectivity index is 2.29. The van der Waals surface area contributed by atoms with E-state index < -0.39 is 0 Å². The van der Waals surface area contributed by atoms with Crippen molar-refractivity contribution in [3.63, 3.8) is 0 Å².